The number of carbonyl (C=O) groups is 1. The molecule has 0 N–H and O–H groups in total. The fourth-order valence-electron chi connectivity index (χ4n) is 1.70. The van der Waals surface area contributed by atoms with E-state index in [9.17, 15) is 4.79 Å². The van der Waals surface area contributed by atoms with Crippen molar-refractivity contribution in [3.63, 3.8) is 0 Å². The van der Waals surface area contributed by atoms with Crippen molar-refractivity contribution in [2.24, 2.45) is 7.05 Å². The molecule has 2 aromatic rings. The Morgan fingerprint density at radius 1 is 1.32 bits per heavy atom. The van der Waals surface area contributed by atoms with Crippen molar-refractivity contribution >= 4 is 5.97 Å². The van der Waals surface area contributed by atoms with Gasteiger partial charge in [0.05, 0.1) is 12.8 Å². The molecule has 0 unspecified atom stereocenters. The number of aryl methyl sites for hydroxylation is 2. The Morgan fingerprint density at radius 3 is 2.63 bits per heavy atom. The summed E-state index contributed by atoms with van der Waals surface area (Å²) in [5, 5.41) is 4.20. The number of carbonyl (C=O) groups excluding carboxylic acids is 1. The third-order valence-electron chi connectivity index (χ3n) is 2.77. The first-order valence-electron chi connectivity index (χ1n) is 5.91. The number of rotatable bonds is 4. The van der Waals surface area contributed by atoms with Gasteiger partial charge in [0, 0.05) is 13.1 Å². The molecule has 0 saturated carbocycles. The Bertz CT molecular complexity index is 573. The van der Waals surface area contributed by atoms with Crippen molar-refractivity contribution in [1.29, 1.82) is 0 Å². The number of hydrogen-bond acceptors (Lipinski definition) is 4. The fraction of sp³-hybridized carbons (Fsp3) is 0.286. The van der Waals surface area contributed by atoms with E-state index in [0.717, 1.165) is 11.3 Å². The minimum absolute atomic E-state index is 0.138. The zero-order chi connectivity index (χ0) is 13.8. The zero-order valence-corrected chi connectivity index (χ0v) is 11.2. The van der Waals surface area contributed by atoms with Crippen molar-refractivity contribution in [1.82, 2.24) is 9.78 Å². The van der Waals surface area contributed by atoms with Crippen molar-refractivity contribution < 1.29 is 14.3 Å². The lowest BCUT2D eigenvalue weighted by molar-refractivity contribution is -0.143. The molecule has 2 rings (SSSR count). The van der Waals surface area contributed by atoms with Gasteiger partial charge in [-0.05, 0) is 12.5 Å². The predicted molar refractivity (Wildman–Crippen MR) is 70.9 cm³/mol. The summed E-state index contributed by atoms with van der Waals surface area (Å²) in [6.07, 6.45) is 0. The molecule has 0 amide bonds. The Kier molecular flexibility index (Phi) is 3.85. The Morgan fingerprint density at radius 2 is 2.00 bits per heavy atom. The number of hydrogen-bond donors (Lipinski definition) is 0. The molecule has 0 spiro atoms. The van der Waals surface area contributed by atoms with Gasteiger partial charge in [-0.15, -0.1) is 5.10 Å². The number of ether oxygens (including phenoxy) is 2. The van der Waals surface area contributed by atoms with Gasteiger partial charge in [0.1, 0.15) is 0 Å². The third kappa shape index (κ3) is 3.13. The van der Waals surface area contributed by atoms with Crippen LogP contribution in [0.2, 0.25) is 0 Å². The molecule has 0 aliphatic rings. The topological polar surface area (TPSA) is 53.4 Å². The summed E-state index contributed by atoms with van der Waals surface area (Å²) in [7, 11) is 3.15. The zero-order valence-electron chi connectivity index (χ0n) is 11.2. The Hall–Kier alpha value is -2.30. The van der Waals surface area contributed by atoms with Crippen LogP contribution >= 0.6 is 0 Å². The summed E-state index contributed by atoms with van der Waals surface area (Å²) in [5.74, 6) is -0.0222. The summed E-state index contributed by atoms with van der Waals surface area (Å²) in [4.78, 5) is 11.0. The highest BCUT2D eigenvalue weighted by atomic mass is 16.6. The van der Waals surface area contributed by atoms with E-state index in [4.69, 9.17) is 4.74 Å². The second-order valence-corrected chi connectivity index (χ2v) is 4.22. The van der Waals surface area contributed by atoms with Gasteiger partial charge in [0.2, 0.25) is 5.88 Å². The maximum absolute atomic E-state index is 11.0. The van der Waals surface area contributed by atoms with Crippen LogP contribution in [0.4, 0.5) is 0 Å². The molecular weight excluding hydrogens is 244 g/mol. The van der Waals surface area contributed by atoms with Crippen LogP contribution in [0.5, 0.6) is 5.88 Å². The second kappa shape index (κ2) is 5.56. The van der Waals surface area contributed by atoms with E-state index in [1.54, 1.807) is 10.7 Å². The number of aromatic nitrogens is 2. The summed E-state index contributed by atoms with van der Waals surface area (Å²) in [5.41, 5.74) is 3.18. The van der Waals surface area contributed by atoms with E-state index in [1.807, 2.05) is 38.2 Å². The van der Waals surface area contributed by atoms with Crippen LogP contribution in [0.15, 0.2) is 30.3 Å². The van der Waals surface area contributed by atoms with E-state index in [2.05, 4.69) is 9.84 Å². The van der Waals surface area contributed by atoms with Crippen LogP contribution in [-0.4, -0.2) is 29.5 Å². The monoisotopic (exact) mass is 260 g/mol. The number of nitrogens with zero attached hydrogens (tertiary/aromatic N) is 2. The minimum atomic E-state index is -0.428. The molecule has 0 saturated heterocycles. The predicted octanol–water partition coefficient (Wildman–Crippen LogP) is 1.95. The highest BCUT2D eigenvalue weighted by molar-refractivity contribution is 5.71. The van der Waals surface area contributed by atoms with Crippen LogP contribution in [0.1, 0.15) is 5.56 Å². The Labute approximate surface area is 111 Å². The maximum Gasteiger partial charge on any atom is 0.343 e. The quantitative estimate of drug-likeness (QED) is 0.788. The van der Waals surface area contributed by atoms with Gasteiger partial charge in [-0.2, -0.15) is 0 Å². The molecule has 0 aliphatic carbocycles. The van der Waals surface area contributed by atoms with E-state index >= 15 is 0 Å². The molecule has 0 atom stereocenters. The van der Waals surface area contributed by atoms with Crippen LogP contribution in [0, 0.1) is 6.92 Å². The lowest BCUT2D eigenvalue weighted by Gasteiger charge is -2.01. The molecule has 0 fully saturated rings. The lowest BCUT2D eigenvalue weighted by Crippen LogP contribution is -2.12. The minimum Gasteiger partial charge on any atom is -0.466 e. The van der Waals surface area contributed by atoms with Crippen LogP contribution < -0.4 is 4.74 Å². The van der Waals surface area contributed by atoms with E-state index in [0.29, 0.717) is 5.88 Å². The summed E-state index contributed by atoms with van der Waals surface area (Å²) < 4.78 is 11.5. The highest BCUT2D eigenvalue weighted by Gasteiger charge is 2.10. The number of methoxy groups -OCH3 is 1. The Balaban J connectivity index is 2.16. The molecule has 5 nitrogen and oxygen atoms in total. The van der Waals surface area contributed by atoms with Crippen molar-refractivity contribution in [2.45, 2.75) is 6.92 Å². The molecule has 0 radical (unpaired) electrons. The normalized spacial score (nSPS) is 10.3. The molecule has 1 heterocycles. The molecule has 5 heteroatoms. The van der Waals surface area contributed by atoms with Gasteiger partial charge < -0.3 is 9.47 Å². The van der Waals surface area contributed by atoms with Gasteiger partial charge in [-0.3, -0.25) is 4.68 Å². The molecule has 19 heavy (non-hydrogen) atoms. The summed E-state index contributed by atoms with van der Waals surface area (Å²) in [6, 6.07) is 9.93. The highest BCUT2D eigenvalue weighted by Crippen LogP contribution is 2.23. The molecule has 100 valence electrons. The first-order valence-corrected chi connectivity index (χ1v) is 5.91. The molecule has 1 aromatic heterocycles. The van der Waals surface area contributed by atoms with Crippen molar-refractivity contribution in [2.75, 3.05) is 13.7 Å². The molecular formula is C14H16N2O3. The van der Waals surface area contributed by atoms with E-state index in [-0.39, 0.29) is 6.61 Å². The lowest BCUT2D eigenvalue weighted by atomic mass is 10.1. The molecule has 0 bridgehead atoms. The van der Waals surface area contributed by atoms with Gasteiger partial charge in [0.25, 0.3) is 0 Å². The first kappa shape index (κ1) is 13.1. The first-order chi connectivity index (χ1) is 9.10. The van der Waals surface area contributed by atoms with Crippen molar-refractivity contribution in [3.8, 4) is 17.1 Å². The van der Waals surface area contributed by atoms with Crippen LogP contribution in [-0.2, 0) is 16.6 Å². The second-order valence-electron chi connectivity index (χ2n) is 4.22. The van der Waals surface area contributed by atoms with Crippen molar-refractivity contribution in [3.05, 3.63) is 35.9 Å². The summed E-state index contributed by atoms with van der Waals surface area (Å²) in [6.45, 7) is 1.90. The molecule has 1 aromatic carbocycles. The maximum atomic E-state index is 11.0. The molecule has 0 aliphatic heterocycles. The standard InChI is InChI=1S/C14H16N2O3/c1-10-4-6-11(7-5-10)12-8-13(15-16(12)2)19-9-14(17)18-3/h4-8H,9H2,1-3H3. The average Bonchev–Trinajstić information content (AvgIpc) is 2.78. The average molecular weight is 260 g/mol. The smallest absolute Gasteiger partial charge is 0.343 e. The van der Waals surface area contributed by atoms with Crippen LogP contribution in [0.25, 0.3) is 11.3 Å². The fourth-order valence-corrected chi connectivity index (χ4v) is 1.70. The number of esters is 1. The van der Waals surface area contributed by atoms with Gasteiger partial charge in [0.15, 0.2) is 6.61 Å². The van der Waals surface area contributed by atoms with Gasteiger partial charge in [-0.1, -0.05) is 29.8 Å². The van der Waals surface area contributed by atoms with Crippen LogP contribution in [0.3, 0.4) is 0 Å². The third-order valence-corrected chi connectivity index (χ3v) is 2.77. The van der Waals surface area contributed by atoms with Gasteiger partial charge >= 0.3 is 5.97 Å². The number of benzene rings is 1. The summed E-state index contributed by atoms with van der Waals surface area (Å²) >= 11 is 0. The SMILES string of the molecule is COC(=O)COc1cc(-c2ccc(C)cc2)n(C)n1. The van der Waals surface area contributed by atoms with E-state index < -0.39 is 5.97 Å². The largest absolute Gasteiger partial charge is 0.466 e. The van der Waals surface area contributed by atoms with Gasteiger partial charge in [-0.25, -0.2) is 4.79 Å². The van der Waals surface area contributed by atoms with E-state index in [1.165, 1.54) is 12.7 Å².